The molecule has 0 saturated carbocycles. The van der Waals surface area contributed by atoms with Gasteiger partial charge >= 0.3 is 0 Å². The van der Waals surface area contributed by atoms with E-state index in [1.807, 2.05) is 55.1 Å². The van der Waals surface area contributed by atoms with Crippen LogP contribution >= 0.6 is 0 Å². The zero-order valence-corrected chi connectivity index (χ0v) is 17.1. The molecule has 6 nitrogen and oxygen atoms in total. The van der Waals surface area contributed by atoms with E-state index in [1.54, 1.807) is 17.0 Å². The van der Waals surface area contributed by atoms with Crippen LogP contribution in [0.3, 0.4) is 0 Å². The van der Waals surface area contributed by atoms with Gasteiger partial charge in [0.1, 0.15) is 11.5 Å². The highest BCUT2D eigenvalue weighted by Gasteiger charge is 2.23. The molecule has 0 spiro atoms. The van der Waals surface area contributed by atoms with E-state index in [0.717, 1.165) is 17.7 Å². The Labute approximate surface area is 172 Å². The molecule has 0 unspecified atom stereocenters. The van der Waals surface area contributed by atoms with Gasteiger partial charge in [-0.15, -0.1) is 0 Å². The number of carbonyl (C=O) groups excluding carboxylic acids is 2. The predicted molar refractivity (Wildman–Crippen MR) is 111 cm³/mol. The van der Waals surface area contributed by atoms with Crippen molar-refractivity contribution in [3.8, 4) is 11.5 Å². The predicted octanol–water partition coefficient (Wildman–Crippen LogP) is 3.15. The molecule has 1 heterocycles. The molecule has 0 bridgehead atoms. The minimum atomic E-state index is -0.0660. The van der Waals surface area contributed by atoms with Crippen molar-refractivity contribution in [3.05, 3.63) is 59.7 Å². The Balaban J connectivity index is 1.50. The normalized spacial score (nSPS) is 14.3. The van der Waals surface area contributed by atoms with Gasteiger partial charge in [0, 0.05) is 31.7 Å². The third kappa shape index (κ3) is 5.73. The zero-order valence-electron chi connectivity index (χ0n) is 17.1. The van der Waals surface area contributed by atoms with Gasteiger partial charge in [0.2, 0.25) is 0 Å². The van der Waals surface area contributed by atoms with Gasteiger partial charge in [-0.3, -0.25) is 9.59 Å². The van der Waals surface area contributed by atoms with Gasteiger partial charge in [0.05, 0.1) is 6.61 Å². The molecule has 1 aliphatic heterocycles. The third-order valence-electron chi connectivity index (χ3n) is 4.90. The van der Waals surface area contributed by atoms with Gasteiger partial charge in [-0.1, -0.05) is 17.7 Å². The summed E-state index contributed by atoms with van der Waals surface area (Å²) in [5.41, 5.74) is 1.76. The van der Waals surface area contributed by atoms with E-state index in [0.29, 0.717) is 44.1 Å². The largest absolute Gasteiger partial charge is 0.494 e. The van der Waals surface area contributed by atoms with Crippen LogP contribution < -0.4 is 9.47 Å². The monoisotopic (exact) mass is 396 g/mol. The van der Waals surface area contributed by atoms with Gasteiger partial charge in [-0.05, 0) is 56.7 Å². The topological polar surface area (TPSA) is 59.1 Å². The van der Waals surface area contributed by atoms with Crippen molar-refractivity contribution in [2.75, 3.05) is 39.4 Å². The van der Waals surface area contributed by atoms with Crippen molar-refractivity contribution in [3.63, 3.8) is 0 Å². The number of benzene rings is 2. The Morgan fingerprint density at radius 3 is 2.24 bits per heavy atom. The maximum absolute atomic E-state index is 12.8. The Morgan fingerprint density at radius 1 is 0.897 bits per heavy atom. The minimum Gasteiger partial charge on any atom is -0.494 e. The van der Waals surface area contributed by atoms with E-state index in [2.05, 4.69) is 0 Å². The summed E-state index contributed by atoms with van der Waals surface area (Å²) >= 11 is 0. The molecule has 2 aromatic carbocycles. The second kappa shape index (κ2) is 9.96. The van der Waals surface area contributed by atoms with Crippen molar-refractivity contribution in [1.29, 1.82) is 0 Å². The van der Waals surface area contributed by atoms with Crippen LogP contribution in [-0.4, -0.2) is 61.0 Å². The van der Waals surface area contributed by atoms with E-state index >= 15 is 0 Å². The molecule has 0 aromatic heterocycles. The van der Waals surface area contributed by atoms with Crippen LogP contribution in [0, 0.1) is 6.92 Å². The Kier molecular flexibility index (Phi) is 7.11. The van der Waals surface area contributed by atoms with E-state index in [9.17, 15) is 9.59 Å². The quantitative estimate of drug-likeness (QED) is 0.753. The molecule has 154 valence electrons. The van der Waals surface area contributed by atoms with Crippen LogP contribution in [0.4, 0.5) is 0 Å². The fourth-order valence-corrected chi connectivity index (χ4v) is 3.37. The number of amides is 2. The van der Waals surface area contributed by atoms with Gasteiger partial charge < -0.3 is 19.3 Å². The summed E-state index contributed by atoms with van der Waals surface area (Å²) in [6.07, 6.45) is 0.756. The van der Waals surface area contributed by atoms with Crippen molar-refractivity contribution in [1.82, 2.24) is 9.80 Å². The smallest absolute Gasteiger partial charge is 0.260 e. The summed E-state index contributed by atoms with van der Waals surface area (Å²) in [4.78, 5) is 28.9. The number of hydrogen-bond acceptors (Lipinski definition) is 4. The third-order valence-corrected chi connectivity index (χ3v) is 4.90. The van der Waals surface area contributed by atoms with Crippen LogP contribution in [0.5, 0.6) is 11.5 Å². The van der Waals surface area contributed by atoms with Crippen molar-refractivity contribution >= 4 is 11.8 Å². The van der Waals surface area contributed by atoms with Gasteiger partial charge in [-0.2, -0.15) is 0 Å². The van der Waals surface area contributed by atoms with E-state index < -0.39 is 0 Å². The van der Waals surface area contributed by atoms with Crippen molar-refractivity contribution < 1.29 is 19.1 Å². The molecule has 2 amide bonds. The highest BCUT2D eigenvalue weighted by atomic mass is 16.5. The fraction of sp³-hybridized carbons (Fsp3) is 0.391. The first-order valence-electron chi connectivity index (χ1n) is 10.1. The van der Waals surface area contributed by atoms with Crippen LogP contribution in [0.1, 0.15) is 29.3 Å². The molecular formula is C23H28N2O4. The molecule has 0 radical (unpaired) electrons. The lowest BCUT2D eigenvalue weighted by Crippen LogP contribution is -2.39. The summed E-state index contributed by atoms with van der Waals surface area (Å²) < 4.78 is 11.0. The standard InChI is InChI=1S/C23H28N2O4/c1-3-28-20-8-10-21(11-9-20)29-17-22(26)24-12-5-13-25(15-14-24)23(27)19-7-4-6-18(2)16-19/h4,6-11,16H,3,5,12-15,17H2,1-2H3. The maximum Gasteiger partial charge on any atom is 0.260 e. The molecule has 0 N–H and O–H groups in total. The highest BCUT2D eigenvalue weighted by Crippen LogP contribution is 2.18. The summed E-state index contributed by atoms with van der Waals surface area (Å²) in [5.74, 6) is 1.36. The molecule has 1 aliphatic rings. The van der Waals surface area contributed by atoms with Gasteiger partial charge in [0.25, 0.3) is 11.8 Å². The molecule has 3 rings (SSSR count). The fourth-order valence-electron chi connectivity index (χ4n) is 3.37. The molecular weight excluding hydrogens is 368 g/mol. The minimum absolute atomic E-state index is 0.0141. The average Bonchev–Trinajstić information content (AvgIpc) is 2.99. The summed E-state index contributed by atoms with van der Waals surface area (Å²) in [6, 6.07) is 14.9. The molecule has 0 aliphatic carbocycles. The molecule has 1 fully saturated rings. The summed E-state index contributed by atoms with van der Waals surface area (Å²) in [7, 11) is 0. The average molecular weight is 396 g/mol. The number of ether oxygens (including phenoxy) is 2. The van der Waals surface area contributed by atoms with E-state index in [1.165, 1.54) is 0 Å². The number of hydrogen-bond donors (Lipinski definition) is 0. The van der Waals surface area contributed by atoms with Crippen LogP contribution in [0.2, 0.25) is 0 Å². The second-order valence-corrected chi connectivity index (χ2v) is 7.09. The van der Waals surface area contributed by atoms with Crippen molar-refractivity contribution in [2.24, 2.45) is 0 Å². The molecule has 0 atom stereocenters. The van der Waals surface area contributed by atoms with Crippen LogP contribution in [0.15, 0.2) is 48.5 Å². The summed E-state index contributed by atoms with van der Waals surface area (Å²) in [5, 5.41) is 0. The Hall–Kier alpha value is -3.02. The first kappa shape index (κ1) is 20.7. The SMILES string of the molecule is CCOc1ccc(OCC(=O)N2CCCN(C(=O)c3cccc(C)c3)CC2)cc1. The highest BCUT2D eigenvalue weighted by molar-refractivity contribution is 5.94. The van der Waals surface area contributed by atoms with Crippen LogP contribution in [0.25, 0.3) is 0 Å². The number of carbonyl (C=O) groups is 2. The van der Waals surface area contributed by atoms with Gasteiger partial charge in [0.15, 0.2) is 6.61 Å². The first-order valence-corrected chi connectivity index (χ1v) is 10.1. The molecule has 1 saturated heterocycles. The lowest BCUT2D eigenvalue weighted by atomic mass is 10.1. The lowest BCUT2D eigenvalue weighted by molar-refractivity contribution is -0.133. The van der Waals surface area contributed by atoms with Crippen molar-refractivity contribution in [2.45, 2.75) is 20.3 Å². The van der Waals surface area contributed by atoms with Gasteiger partial charge in [-0.25, -0.2) is 0 Å². The first-order chi connectivity index (χ1) is 14.1. The maximum atomic E-state index is 12.8. The number of aryl methyl sites for hydroxylation is 1. The summed E-state index contributed by atoms with van der Waals surface area (Å²) in [6.45, 7) is 6.82. The molecule has 2 aromatic rings. The zero-order chi connectivity index (χ0) is 20.6. The van der Waals surface area contributed by atoms with Crippen LogP contribution in [-0.2, 0) is 4.79 Å². The Bertz CT molecular complexity index is 835. The lowest BCUT2D eigenvalue weighted by Gasteiger charge is -2.22. The second-order valence-electron chi connectivity index (χ2n) is 7.09. The van der Waals surface area contributed by atoms with E-state index in [4.69, 9.17) is 9.47 Å². The number of rotatable bonds is 6. The molecule has 29 heavy (non-hydrogen) atoms. The molecule has 6 heteroatoms. The number of nitrogens with zero attached hydrogens (tertiary/aromatic N) is 2. The Morgan fingerprint density at radius 2 is 1.55 bits per heavy atom. The van der Waals surface area contributed by atoms with E-state index in [-0.39, 0.29) is 18.4 Å².